The molecule has 0 spiro atoms. The second-order valence-electron chi connectivity index (χ2n) is 5.78. The number of likely N-dealkylation sites (tertiary alicyclic amines) is 1. The molecule has 1 heterocycles. The predicted octanol–water partition coefficient (Wildman–Crippen LogP) is 4.31. The van der Waals surface area contributed by atoms with Gasteiger partial charge in [0.05, 0.1) is 5.54 Å². The van der Waals surface area contributed by atoms with Crippen LogP contribution in [0, 0.1) is 11.8 Å². The van der Waals surface area contributed by atoms with E-state index in [9.17, 15) is 0 Å². The van der Waals surface area contributed by atoms with Crippen LogP contribution in [0.15, 0.2) is 48.7 Å². The molecule has 0 N–H and O–H groups in total. The number of rotatable bonds is 3. The molecule has 1 aliphatic heterocycles. The van der Waals surface area contributed by atoms with Gasteiger partial charge in [0, 0.05) is 12.2 Å². The fraction of sp³-hybridized carbons (Fsp3) is 0.529. The second kappa shape index (κ2) is 5.17. The quantitative estimate of drug-likeness (QED) is 0.527. The zero-order valence-corrected chi connectivity index (χ0v) is 11.9. The summed E-state index contributed by atoms with van der Waals surface area (Å²) in [6.07, 6.45) is 15.6. The van der Waals surface area contributed by atoms with Crippen molar-refractivity contribution in [1.29, 1.82) is 0 Å². The number of fused-ring (bicyclic) bond motifs is 1. The Hall–Kier alpha value is -1.24. The topological polar surface area (TPSA) is 3.24 Å². The van der Waals surface area contributed by atoms with Gasteiger partial charge in [0.15, 0.2) is 0 Å². The molecule has 1 saturated heterocycles. The van der Waals surface area contributed by atoms with Gasteiger partial charge in [-0.05, 0) is 44.6 Å². The van der Waals surface area contributed by atoms with Crippen molar-refractivity contribution in [2.75, 3.05) is 6.54 Å². The van der Waals surface area contributed by atoms with Crippen LogP contribution in [0.5, 0.6) is 0 Å². The van der Waals surface area contributed by atoms with Crippen LogP contribution in [-0.2, 0) is 0 Å². The molecule has 2 aliphatic rings. The smallest absolute Gasteiger partial charge is 0.0587 e. The number of allylic oxidation sites excluding steroid dienone is 5. The number of hydrogen-bond acceptors (Lipinski definition) is 1. The summed E-state index contributed by atoms with van der Waals surface area (Å²) in [6, 6.07) is 0. The van der Waals surface area contributed by atoms with Gasteiger partial charge < -0.3 is 4.90 Å². The summed E-state index contributed by atoms with van der Waals surface area (Å²) < 4.78 is 0. The lowest BCUT2D eigenvalue weighted by Gasteiger charge is -2.41. The van der Waals surface area contributed by atoms with Gasteiger partial charge in [-0.3, -0.25) is 0 Å². The summed E-state index contributed by atoms with van der Waals surface area (Å²) in [5.74, 6) is 1.53. The van der Waals surface area contributed by atoms with Crippen molar-refractivity contribution in [1.82, 2.24) is 4.90 Å². The zero-order chi connectivity index (χ0) is 13.2. The van der Waals surface area contributed by atoms with Gasteiger partial charge in [0.1, 0.15) is 0 Å². The van der Waals surface area contributed by atoms with E-state index in [1.165, 1.54) is 12.8 Å². The fourth-order valence-electron chi connectivity index (χ4n) is 3.57. The van der Waals surface area contributed by atoms with Gasteiger partial charge in [0.25, 0.3) is 0 Å². The van der Waals surface area contributed by atoms with Gasteiger partial charge in [-0.25, -0.2) is 0 Å². The summed E-state index contributed by atoms with van der Waals surface area (Å²) in [4.78, 5) is 2.48. The normalized spacial score (nSPS) is 35.6. The molecule has 0 aromatic carbocycles. The van der Waals surface area contributed by atoms with Gasteiger partial charge >= 0.3 is 0 Å². The fourth-order valence-corrected chi connectivity index (χ4v) is 3.57. The first kappa shape index (κ1) is 13.2. The van der Waals surface area contributed by atoms with E-state index in [-0.39, 0.29) is 5.54 Å². The third-order valence-electron chi connectivity index (χ3n) is 4.53. The Morgan fingerprint density at radius 1 is 1.44 bits per heavy atom. The van der Waals surface area contributed by atoms with Crippen LogP contribution in [0.3, 0.4) is 0 Å². The first-order chi connectivity index (χ1) is 8.59. The first-order valence-corrected chi connectivity index (χ1v) is 7.03. The third-order valence-corrected chi connectivity index (χ3v) is 4.53. The summed E-state index contributed by atoms with van der Waals surface area (Å²) in [5, 5.41) is 0. The monoisotopic (exact) mass is 243 g/mol. The van der Waals surface area contributed by atoms with E-state index in [1.54, 1.807) is 0 Å². The lowest BCUT2D eigenvalue weighted by molar-refractivity contribution is 0.201. The van der Waals surface area contributed by atoms with E-state index >= 15 is 0 Å². The molecule has 18 heavy (non-hydrogen) atoms. The lowest BCUT2D eigenvalue weighted by atomic mass is 9.75. The van der Waals surface area contributed by atoms with Crippen molar-refractivity contribution in [2.24, 2.45) is 11.8 Å². The highest BCUT2D eigenvalue weighted by Gasteiger charge is 2.47. The van der Waals surface area contributed by atoms with E-state index < -0.39 is 0 Å². The van der Waals surface area contributed by atoms with Crippen molar-refractivity contribution in [3.63, 3.8) is 0 Å². The molecule has 0 aromatic heterocycles. The van der Waals surface area contributed by atoms with Crippen LogP contribution in [0.25, 0.3) is 0 Å². The maximum atomic E-state index is 4.25. The van der Waals surface area contributed by atoms with E-state index in [4.69, 9.17) is 0 Å². The largest absolute Gasteiger partial charge is 0.363 e. The molecule has 0 radical (unpaired) electrons. The SMILES string of the molecule is C=C(C=CC=CC)N1CC(C)C2CCC=CC21C. The Morgan fingerprint density at radius 2 is 2.22 bits per heavy atom. The zero-order valence-electron chi connectivity index (χ0n) is 11.9. The average molecular weight is 243 g/mol. The molecule has 98 valence electrons. The van der Waals surface area contributed by atoms with Crippen LogP contribution in [0.4, 0.5) is 0 Å². The first-order valence-electron chi connectivity index (χ1n) is 7.03. The Morgan fingerprint density at radius 3 is 2.94 bits per heavy atom. The average Bonchev–Trinajstić information content (AvgIpc) is 2.62. The summed E-state index contributed by atoms with van der Waals surface area (Å²) in [6.45, 7) is 12.2. The minimum atomic E-state index is 0.176. The van der Waals surface area contributed by atoms with E-state index in [0.717, 1.165) is 24.1 Å². The standard InChI is InChI=1S/C17H25N/c1-5-6-7-10-15(3)18-13-14(2)16-11-8-9-12-17(16,18)4/h5-7,9-10,12,14,16H,3,8,11,13H2,1-2,4H3. The molecule has 3 unspecified atom stereocenters. The van der Waals surface area contributed by atoms with Crippen LogP contribution >= 0.6 is 0 Å². The van der Waals surface area contributed by atoms with Crippen molar-refractivity contribution in [3.05, 3.63) is 48.7 Å². The molecular formula is C17H25N. The van der Waals surface area contributed by atoms with Crippen molar-refractivity contribution >= 4 is 0 Å². The van der Waals surface area contributed by atoms with Gasteiger partial charge in [-0.1, -0.05) is 43.9 Å². The molecule has 0 saturated carbocycles. The highest BCUT2D eigenvalue weighted by molar-refractivity contribution is 5.27. The van der Waals surface area contributed by atoms with Crippen LogP contribution < -0.4 is 0 Å². The molecule has 1 heteroatoms. The van der Waals surface area contributed by atoms with Gasteiger partial charge in [0.2, 0.25) is 0 Å². The molecule has 0 aromatic rings. The molecule has 1 nitrogen and oxygen atoms in total. The maximum absolute atomic E-state index is 4.25. The molecule has 2 rings (SSSR count). The molecule has 0 amide bonds. The van der Waals surface area contributed by atoms with Crippen molar-refractivity contribution < 1.29 is 0 Å². The van der Waals surface area contributed by atoms with Gasteiger partial charge in [-0.2, -0.15) is 0 Å². The minimum Gasteiger partial charge on any atom is -0.363 e. The number of hydrogen-bond donors (Lipinski definition) is 0. The van der Waals surface area contributed by atoms with Crippen LogP contribution in [0.1, 0.15) is 33.6 Å². The Kier molecular flexibility index (Phi) is 3.79. The summed E-state index contributed by atoms with van der Waals surface area (Å²) in [7, 11) is 0. The Labute approximate surface area is 112 Å². The number of nitrogens with zero attached hydrogens (tertiary/aromatic N) is 1. The van der Waals surface area contributed by atoms with Crippen LogP contribution in [0.2, 0.25) is 0 Å². The van der Waals surface area contributed by atoms with E-state index in [0.29, 0.717) is 0 Å². The van der Waals surface area contributed by atoms with Gasteiger partial charge in [-0.15, -0.1) is 0 Å². The molecule has 3 atom stereocenters. The minimum absolute atomic E-state index is 0.176. The second-order valence-corrected chi connectivity index (χ2v) is 5.78. The molecular weight excluding hydrogens is 218 g/mol. The summed E-state index contributed by atoms with van der Waals surface area (Å²) in [5.41, 5.74) is 1.31. The summed E-state index contributed by atoms with van der Waals surface area (Å²) >= 11 is 0. The third kappa shape index (κ3) is 2.19. The Bertz CT molecular complexity index is 402. The van der Waals surface area contributed by atoms with Crippen molar-refractivity contribution in [2.45, 2.75) is 39.2 Å². The van der Waals surface area contributed by atoms with E-state index in [1.807, 2.05) is 13.0 Å². The highest BCUT2D eigenvalue weighted by atomic mass is 15.2. The van der Waals surface area contributed by atoms with E-state index in [2.05, 4.69) is 55.7 Å². The maximum Gasteiger partial charge on any atom is 0.0587 e. The molecule has 0 bridgehead atoms. The molecule has 1 aliphatic carbocycles. The predicted molar refractivity (Wildman–Crippen MR) is 79.2 cm³/mol. The Balaban J connectivity index is 2.20. The highest BCUT2D eigenvalue weighted by Crippen LogP contribution is 2.46. The van der Waals surface area contributed by atoms with Crippen LogP contribution in [-0.4, -0.2) is 17.0 Å². The molecule has 1 fully saturated rings. The van der Waals surface area contributed by atoms with Crippen molar-refractivity contribution in [3.8, 4) is 0 Å². The lowest BCUT2D eigenvalue weighted by Crippen LogP contribution is -2.43.